The second-order valence-corrected chi connectivity index (χ2v) is 5.51. The maximum absolute atomic E-state index is 8.80. The fraction of sp³-hybridized carbons (Fsp3) is 0.625. The van der Waals surface area contributed by atoms with E-state index in [-0.39, 0.29) is 6.61 Å². The zero-order valence-electron chi connectivity index (χ0n) is 11.9. The van der Waals surface area contributed by atoms with Crippen LogP contribution in [-0.2, 0) is 6.54 Å². The van der Waals surface area contributed by atoms with Crippen LogP contribution in [0.15, 0.2) is 24.3 Å². The smallest absolute Gasteiger partial charge is 0.0431 e. The molecule has 1 unspecified atom stereocenters. The molecular formula is C16H26N2O. The van der Waals surface area contributed by atoms with Crippen molar-refractivity contribution < 1.29 is 5.11 Å². The third-order valence-electron chi connectivity index (χ3n) is 3.86. The molecule has 0 bridgehead atoms. The largest absolute Gasteiger partial charge is 0.396 e. The summed E-state index contributed by atoms with van der Waals surface area (Å²) in [6.07, 6.45) is 4.56. The van der Waals surface area contributed by atoms with Gasteiger partial charge >= 0.3 is 0 Å². The Balaban J connectivity index is 1.78. The second-order valence-electron chi connectivity index (χ2n) is 5.51. The van der Waals surface area contributed by atoms with Gasteiger partial charge in [-0.1, -0.05) is 12.1 Å². The molecule has 2 N–H and O–H groups in total. The van der Waals surface area contributed by atoms with Crippen molar-refractivity contribution in [1.29, 1.82) is 0 Å². The first-order valence-electron chi connectivity index (χ1n) is 7.48. The number of anilines is 1. The maximum atomic E-state index is 8.80. The van der Waals surface area contributed by atoms with Gasteiger partial charge in [-0.2, -0.15) is 0 Å². The minimum Gasteiger partial charge on any atom is -0.396 e. The highest BCUT2D eigenvalue weighted by Gasteiger charge is 2.11. The summed E-state index contributed by atoms with van der Waals surface area (Å²) in [4.78, 5) is 2.46. The lowest BCUT2D eigenvalue weighted by molar-refractivity contribution is 0.276. The number of nitrogens with one attached hydrogen (secondary N) is 1. The summed E-state index contributed by atoms with van der Waals surface area (Å²) in [5.41, 5.74) is 2.69. The van der Waals surface area contributed by atoms with E-state index in [2.05, 4.69) is 41.4 Å². The lowest BCUT2D eigenvalue weighted by atomic mass is 10.1. The third kappa shape index (κ3) is 4.51. The summed E-state index contributed by atoms with van der Waals surface area (Å²) < 4.78 is 0. The van der Waals surface area contributed by atoms with Gasteiger partial charge in [-0.3, -0.25) is 0 Å². The number of nitrogens with zero attached hydrogens (tertiary/aromatic N) is 1. The van der Waals surface area contributed by atoms with Crippen molar-refractivity contribution in [3.63, 3.8) is 0 Å². The van der Waals surface area contributed by atoms with Gasteiger partial charge in [-0.15, -0.1) is 0 Å². The van der Waals surface area contributed by atoms with Crippen LogP contribution in [0.4, 0.5) is 5.69 Å². The van der Waals surface area contributed by atoms with Gasteiger partial charge in [0.2, 0.25) is 0 Å². The number of hydrogen-bond acceptors (Lipinski definition) is 3. The highest BCUT2D eigenvalue weighted by molar-refractivity contribution is 5.48. The molecule has 0 spiro atoms. The zero-order chi connectivity index (χ0) is 13.5. The molecule has 19 heavy (non-hydrogen) atoms. The minimum atomic E-state index is 0.288. The number of benzene rings is 1. The predicted octanol–water partition coefficient (Wildman–Crippen LogP) is 2.54. The minimum absolute atomic E-state index is 0.288. The molecule has 1 aliphatic rings. The zero-order valence-corrected chi connectivity index (χ0v) is 11.9. The van der Waals surface area contributed by atoms with Crippen LogP contribution in [0, 0.1) is 0 Å². The molecular weight excluding hydrogens is 236 g/mol. The predicted molar refractivity (Wildman–Crippen MR) is 80.5 cm³/mol. The van der Waals surface area contributed by atoms with Crippen LogP contribution in [0.1, 0.15) is 38.2 Å². The highest BCUT2D eigenvalue weighted by atomic mass is 16.2. The van der Waals surface area contributed by atoms with E-state index in [1.165, 1.54) is 37.2 Å². The SMILES string of the molecule is CC(CCCO)NCc1ccc(N2CCCC2)cc1. The Morgan fingerprint density at radius 3 is 2.53 bits per heavy atom. The van der Waals surface area contributed by atoms with Gasteiger partial charge in [0.15, 0.2) is 0 Å². The van der Waals surface area contributed by atoms with Crippen LogP contribution in [0.2, 0.25) is 0 Å². The lowest BCUT2D eigenvalue weighted by Gasteiger charge is -2.18. The van der Waals surface area contributed by atoms with Crippen LogP contribution < -0.4 is 10.2 Å². The highest BCUT2D eigenvalue weighted by Crippen LogP contribution is 2.20. The van der Waals surface area contributed by atoms with E-state index in [1.807, 2.05) is 0 Å². The normalized spacial score (nSPS) is 16.8. The first-order valence-corrected chi connectivity index (χ1v) is 7.48. The summed E-state index contributed by atoms with van der Waals surface area (Å²) in [6, 6.07) is 9.38. The van der Waals surface area contributed by atoms with Gasteiger partial charge in [0, 0.05) is 38.0 Å². The second kappa shape index (κ2) is 7.51. The number of hydrogen-bond donors (Lipinski definition) is 2. The summed E-state index contributed by atoms with van der Waals surface area (Å²) in [7, 11) is 0. The van der Waals surface area contributed by atoms with Crippen molar-refractivity contribution in [2.45, 2.75) is 45.2 Å². The van der Waals surface area contributed by atoms with E-state index < -0.39 is 0 Å². The van der Waals surface area contributed by atoms with Gasteiger partial charge in [0.25, 0.3) is 0 Å². The molecule has 1 heterocycles. The van der Waals surface area contributed by atoms with Crippen LogP contribution in [0.25, 0.3) is 0 Å². The topological polar surface area (TPSA) is 35.5 Å². The molecule has 2 rings (SSSR count). The molecule has 1 aromatic carbocycles. The number of aliphatic hydroxyl groups is 1. The van der Waals surface area contributed by atoms with Crippen molar-refractivity contribution >= 4 is 5.69 Å². The molecule has 1 aliphatic heterocycles. The van der Waals surface area contributed by atoms with Crippen LogP contribution in [-0.4, -0.2) is 30.8 Å². The molecule has 1 saturated heterocycles. The number of rotatable bonds is 7. The van der Waals surface area contributed by atoms with Gasteiger partial charge in [-0.25, -0.2) is 0 Å². The van der Waals surface area contributed by atoms with Crippen LogP contribution in [0.5, 0.6) is 0 Å². The molecule has 1 aromatic rings. The Labute approximate surface area is 116 Å². The standard InChI is InChI=1S/C16H26N2O/c1-14(5-4-12-19)17-13-15-6-8-16(9-7-15)18-10-2-3-11-18/h6-9,14,17,19H,2-5,10-13H2,1H3. The van der Waals surface area contributed by atoms with E-state index in [1.54, 1.807) is 0 Å². The Morgan fingerprint density at radius 1 is 1.21 bits per heavy atom. The fourth-order valence-corrected chi connectivity index (χ4v) is 2.59. The molecule has 1 fully saturated rings. The molecule has 3 heteroatoms. The van der Waals surface area contributed by atoms with Crippen LogP contribution in [0.3, 0.4) is 0 Å². The van der Waals surface area contributed by atoms with Crippen molar-refractivity contribution in [2.24, 2.45) is 0 Å². The molecule has 106 valence electrons. The van der Waals surface area contributed by atoms with Crippen molar-refractivity contribution in [1.82, 2.24) is 5.32 Å². The molecule has 1 atom stereocenters. The van der Waals surface area contributed by atoms with Gasteiger partial charge in [0.1, 0.15) is 0 Å². The molecule has 0 aliphatic carbocycles. The van der Waals surface area contributed by atoms with E-state index in [0.29, 0.717) is 6.04 Å². The quantitative estimate of drug-likeness (QED) is 0.792. The Hall–Kier alpha value is -1.06. The summed E-state index contributed by atoms with van der Waals surface area (Å²) in [5, 5.41) is 12.3. The Morgan fingerprint density at radius 2 is 1.89 bits per heavy atom. The molecule has 3 nitrogen and oxygen atoms in total. The van der Waals surface area contributed by atoms with Gasteiger partial charge < -0.3 is 15.3 Å². The molecule has 0 radical (unpaired) electrons. The number of aliphatic hydroxyl groups excluding tert-OH is 1. The van der Waals surface area contributed by atoms with E-state index >= 15 is 0 Å². The average Bonchev–Trinajstić information content (AvgIpc) is 2.97. The molecule has 0 saturated carbocycles. The summed E-state index contributed by atoms with van der Waals surface area (Å²) in [6.45, 7) is 5.78. The van der Waals surface area contributed by atoms with Gasteiger partial charge in [0.05, 0.1) is 0 Å². The Kier molecular flexibility index (Phi) is 5.67. The molecule has 0 amide bonds. The maximum Gasteiger partial charge on any atom is 0.0431 e. The monoisotopic (exact) mass is 262 g/mol. The lowest BCUT2D eigenvalue weighted by Crippen LogP contribution is -2.25. The van der Waals surface area contributed by atoms with E-state index in [9.17, 15) is 0 Å². The Bertz CT molecular complexity index is 358. The van der Waals surface area contributed by atoms with Crippen LogP contribution >= 0.6 is 0 Å². The van der Waals surface area contributed by atoms with Crippen molar-refractivity contribution in [2.75, 3.05) is 24.6 Å². The first kappa shape index (κ1) is 14.4. The average molecular weight is 262 g/mol. The summed E-state index contributed by atoms with van der Waals surface area (Å²) >= 11 is 0. The van der Waals surface area contributed by atoms with Crippen molar-refractivity contribution in [3.8, 4) is 0 Å². The first-order chi connectivity index (χ1) is 9.29. The fourth-order valence-electron chi connectivity index (χ4n) is 2.59. The third-order valence-corrected chi connectivity index (χ3v) is 3.86. The van der Waals surface area contributed by atoms with E-state index in [4.69, 9.17) is 5.11 Å². The molecule has 0 aromatic heterocycles. The summed E-state index contributed by atoms with van der Waals surface area (Å²) in [5.74, 6) is 0. The van der Waals surface area contributed by atoms with Crippen molar-refractivity contribution in [3.05, 3.63) is 29.8 Å². The van der Waals surface area contributed by atoms with E-state index in [0.717, 1.165) is 19.4 Å². The van der Waals surface area contributed by atoms with Gasteiger partial charge in [-0.05, 0) is 50.3 Å².